The van der Waals surface area contributed by atoms with E-state index in [1.54, 1.807) is 14.2 Å². The number of likely N-dealkylation sites (N-methyl/N-ethyl adjacent to an activating group) is 1. The fourth-order valence-electron chi connectivity index (χ4n) is 2.14. The molecule has 0 radical (unpaired) electrons. The first-order chi connectivity index (χ1) is 7.69. The predicted octanol–water partition coefficient (Wildman–Crippen LogP) is -0.359. The second kappa shape index (κ2) is 6.83. The maximum Gasteiger partial charge on any atom is 0.234 e. The highest BCUT2D eigenvalue weighted by molar-refractivity contribution is 5.78. The van der Waals surface area contributed by atoms with Crippen molar-refractivity contribution < 1.29 is 14.6 Å². The summed E-state index contributed by atoms with van der Waals surface area (Å²) in [6.07, 6.45) is 2.96. The van der Waals surface area contributed by atoms with E-state index in [0.717, 1.165) is 25.7 Å². The Morgan fingerprint density at radius 2 is 2.12 bits per heavy atom. The zero-order chi connectivity index (χ0) is 12.0. The summed E-state index contributed by atoms with van der Waals surface area (Å²) < 4.78 is 5.24. The van der Waals surface area contributed by atoms with Crippen LogP contribution in [-0.2, 0) is 9.53 Å². The molecule has 0 bridgehead atoms. The minimum atomic E-state index is -0.603. The molecule has 3 N–H and O–H groups in total. The Morgan fingerprint density at radius 3 is 2.75 bits per heavy atom. The number of hydrogen-bond donors (Lipinski definition) is 3. The van der Waals surface area contributed by atoms with Gasteiger partial charge in [-0.05, 0) is 19.9 Å². The molecule has 0 saturated heterocycles. The van der Waals surface area contributed by atoms with Crippen LogP contribution in [0, 0.1) is 0 Å². The highest BCUT2D eigenvalue weighted by atomic mass is 16.5. The first-order valence-electron chi connectivity index (χ1n) is 5.84. The Balaban J connectivity index is 2.52. The average Bonchev–Trinajstić information content (AvgIpc) is 2.42. The molecule has 1 aliphatic carbocycles. The van der Waals surface area contributed by atoms with E-state index >= 15 is 0 Å². The maximum atomic E-state index is 11.4. The summed E-state index contributed by atoms with van der Waals surface area (Å²) in [6.45, 7) is 0.279. The molecule has 5 nitrogen and oxygen atoms in total. The summed E-state index contributed by atoms with van der Waals surface area (Å²) in [4.78, 5) is 11.4. The van der Waals surface area contributed by atoms with Gasteiger partial charge in [-0.1, -0.05) is 12.8 Å². The molecule has 3 atom stereocenters. The summed E-state index contributed by atoms with van der Waals surface area (Å²) in [6, 6.07) is -0.187. The molecule has 0 aromatic rings. The molecule has 16 heavy (non-hydrogen) atoms. The standard InChI is InChI=1S/C11H22N2O3/c1-12-7-10(14)13-8-5-3-4-6-9(16-2)11(8)15/h8-9,11-12,15H,3-7H2,1-2H3,(H,13,14)/t8-,9-,11-/m1/s1. The third-order valence-electron chi connectivity index (χ3n) is 3.03. The van der Waals surface area contributed by atoms with E-state index in [0.29, 0.717) is 0 Å². The van der Waals surface area contributed by atoms with Gasteiger partial charge in [0, 0.05) is 7.11 Å². The Kier molecular flexibility index (Phi) is 5.73. The smallest absolute Gasteiger partial charge is 0.234 e. The molecule has 0 spiro atoms. The monoisotopic (exact) mass is 230 g/mol. The number of aliphatic hydroxyl groups is 1. The van der Waals surface area contributed by atoms with Gasteiger partial charge >= 0.3 is 0 Å². The molecular formula is C11H22N2O3. The second-order valence-corrected chi connectivity index (χ2v) is 4.25. The molecule has 0 heterocycles. The fraction of sp³-hybridized carbons (Fsp3) is 0.909. The van der Waals surface area contributed by atoms with Gasteiger partial charge in [-0.3, -0.25) is 4.79 Å². The van der Waals surface area contributed by atoms with Crippen molar-refractivity contribution in [1.29, 1.82) is 0 Å². The van der Waals surface area contributed by atoms with Gasteiger partial charge in [-0.25, -0.2) is 0 Å². The van der Waals surface area contributed by atoms with Crippen LogP contribution in [0.25, 0.3) is 0 Å². The van der Waals surface area contributed by atoms with Gasteiger partial charge in [0.25, 0.3) is 0 Å². The van der Waals surface area contributed by atoms with E-state index in [9.17, 15) is 9.90 Å². The summed E-state index contributed by atoms with van der Waals surface area (Å²) in [5, 5.41) is 15.7. The van der Waals surface area contributed by atoms with Crippen molar-refractivity contribution in [2.75, 3.05) is 20.7 Å². The average molecular weight is 230 g/mol. The van der Waals surface area contributed by atoms with Gasteiger partial charge < -0.3 is 20.5 Å². The maximum absolute atomic E-state index is 11.4. The first-order valence-corrected chi connectivity index (χ1v) is 5.84. The number of carbonyl (C=O) groups excluding carboxylic acids is 1. The second-order valence-electron chi connectivity index (χ2n) is 4.25. The number of hydrogen-bond acceptors (Lipinski definition) is 4. The molecule has 5 heteroatoms. The quantitative estimate of drug-likeness (QED) is 0.577. The van der Waals surface area contributed by atoms with Crippen molar-refractivity contribution in [3.63, 3.8) is 0 Å². The molecule has 0 unspecified atom stereocenters. The SMILES string of the molecule is CNCC(=O)N[C@@H]1CCCC[C@@H](OC)[C@@H]1O. The van der Waals surface area contributed by atoms with Crippen molar-refractivity contribution in [2.24, 2.45) is 0 Å². The topological polar surface area (TPSA) is 70.6 Å². The van der Waals surface area contributed by atoms with Gasteiger partial charge in [0.15, 0.2) is 0 Å². The number of nitrogens with one attached hydrogen (secondary N) is 2. The van der Waals surface area contributed by atoms with Crippen molar-refractivity contribution >= 4 is 5.91 Å². The van der Waals surface area contributed by atoms with Crippen LogP contribution in [0.4, 0.5) is 0 Å². The lowest BCUT2D eigenvalue weighted by Crippen LogP contribution is -2.49. The summed E-state index contributed by atoms with van der Waals surface area (Å²) in [7, 11) is 3.33. The minimum absolute atomic E-state index is 0.0803. The van der Waals surface area contributed by atoms with Crippen LogP contribution < -0.4 is 10.6 Å². The molecular weight excluding hydrogens is 208 g/mol. The number of ether oxygens (including phenoxy) is 1. The minimum Gasteiger partial charge on any atom is -0.388 e. The van der Waals surface area contributed by atoms with E-state index in [2.05, 4.69) is 10.6 Å². The van der Waals surface area contributed by atoms with Crippen molar-refractivity contribution in [3.05, 3.63) is 0 Å². The largest absolute Gasteiger partial charge is 0.388 e. The highest BCUT2D eigenvalue weighted by Crippen LogP contribution is 2.20. The van der Waals surface area contributed by atoms with Gasteiger partial charge in [0.2, 0.25) is 5.91 Å². The van der Waals surface area contributed by atoms with Gasteiger partial charge in [-0.2, -0.15) is 0 Å². The van der Waals surface area contributed by atoms with Crippen LogP contribution in [0.15, 0.2) is 0 Å². The van der Waals surface area contributed by atoms with E-state index in [1.165, 1.54) is 0 Å². The fourth-order valence-corrected chi connectivity index (χ4v) is 2.14. The predicted molar refractivity (Wildman–Crippen MR) is 61.1 cm³/mol. The Hall–Kier alpha value is -0.650. The molecule has 1 amide bonds. The zero-order valence-corrected chi connectivity index (χ0v) is 10.0. The third kappa shape index (κ3) is 3.73. The number of aliphatic hydroxyl groups excluding tert-OH is 1. The number of methoxy groups -OCH3 is 1. The summed E-state index contributed by atoms with van der Waals surface area (Å²) >= 11 is 0. The lowest BCUT2D eigenvalue weighted by molar-refractivity contribution is -0.122. The Labute approximate surface area is 96.6 Å². The molecule has 0 aromatic carbocycles. The van der Waals surface area contributed by atoms with Crippen LogP contribution in [0.3, 0.4) is 0 Å². The molecule has 0 aromatic heterocycles. The number of amides is 1. The van der Waals surface area contributed by atoms with Crippen LogP contribution >= 0.6 is 0 Å². The number of carbonyl (C=O) groups is 1. The van der Waals surface area contributed by atoms with E-state index in [4.69, 9.17) is 4.74 Å². The van der Waals surface area contributed by atoms with Gasteiger partial charge in [0.05, 0.1) is 18.7 Å². The molecule has 1 fully saturated rings. The Morgan fingerprint density at radius 1 is 1.44 bits per heavy atom. The molecule has 1 aliphatic rings. The van der Waals surface area contributed by atoms with Crippen LogP contribution in [-0.4, -0.2) is 50.0 Å². The molecule has 1 rings (SSSR count). The van der Waals surface area contributed by atoms with Crippen LogP contribution in [0.5, 0.6) is 0 Å². The van der Waals surface area contributed by atoms with Gasteiger partial charge in [-0.15, -0.1) is 0 Å². The lowest BCUT2D eigenvalue weighted by atomic mass is 10.0. The third-order valence-corrected chi connectivity index (χ3v) is 3.03. The van der Waals surface area contributed by atoms with Gasteiger partial charge in [0.1, 0.15) is 6.10 Å². The highest BCUT2D eigenvalue weighted by Gasteiger charge is 2.30. The van der Waals surface area contributed by atoms with E-state index in [-0.39, 0.29) is 24.6 Å². The lowest BCUT2D eigenvalue weighted by Gasteiger charge is -2.26. The first kappa shape index (κ1) is 13.4. The van der Waals surface area contributed by atoms with Crippen molar-refractivity contribution in [2.45, 2.75) is 43.9 Å². The van der Waals surface area contributed by atoms with Crippen LogP contribution in [0.2, 0.25) is 0 Å². The summed E-state index contributed by atoms with van der Waals surface area (Å²) in [5.41, 5.74) is 0. The molecule has 94 valence electrons. The van der Waals surface area contributed by atoms with Crippen molar-refractivity contribution in [1.82, 2.24) is 10.6 Å². The summed E-state index contributed by atoms with van der Waals surface area (Å²) in [5.74, 6) is -0.0803. The van der Waals surface area contributed by atoms with E-state index < -0.39 is 6.10 Å². The van der Waals surface area contributed by atoms with Crippen molar-refractivity contribution in [3.8, 4) is 0 Å². The number of rotatable bonds is 4. The van der Waals surface area contributed by atoms with E-state index in [1.807, 2.05) is 0 Å². The normalized spacial score (nSPS) is 30.8. The zero-order valence-electron chi connectivity index (χ0n) is 10.0. The Bertz CT molecular complexity index is 223. The molecule has 1 saturated carbocycles. The van der Waals surface area contributed by atoms with Crippen LogP contribution in [0.1, 0.15) is 25.7 Å². The molecule has 0 aliphatic heterocycles.